The molecule has 0 saturated carbocycles. The number of hydrogen-bond donors (Lipinski definition) is 1. The zero-order chi connectivity index (χ0) is 19.4. The van der Waals surface area contributed by atoms with Gasteiger partial charge in [0.1, 0.15) is 11.5 Å². The molecule has 7 nitrogen and oxygen atoms in total. The molecule has 1 saturated heterocycles. The van der Waals surface area contributed by atoms with Crippen LogP contribution in [0.5, 0.6) is 11.5 Å². The first-order chi connectivity index (χ1) is 13.0. The van der Waals surface area contributed by atoms with Gasteiger partial charge in [-0.05, 0) is 44.0 Å². The molecule has 0 spiro atoms. The van der Waals surface area contributed by atoms with Crippen molar-refractivity contribution in [3.8, 4) is 11.5 Å². The number of methoxy groups -OCH3 is 2. The van der Waals surface area contributed by atoms with E-state index in [-0.39, 0.29) is 17.9 Å². The molecule has 1 aliphatic rings. The Labute approximate surface area is 158 Å². The fourth-order valence-corrected chi connectivity index (χ4v) is 3.27. The standard InChI is InChI=1S/C20H24N2O5/c1-13-17(25-2)11-14(12-18(13)26-3)19(23)21-15-6-8-22(9-7-15)20(24)16-5-4-10-27-16/h4-5,10-12,15H,6-9H2,1-3H3,(H,21,23). The number of rotatable bonds is 5. The largest absolute Gasteiger partial charge is 0.496 e. The average Bonchev–Trinajstić information content (AvgIpc) is 3.23. The van der Waals surface area contributed by atoms with Gasteiger partial charge in [0.15, 0.2) is 5.76 Å². The van der Waals surface area contributed by atoms with Crippen LogP contribution in [-0.4, -0.2) is 50.1 Å². The summed E-state index contributed by atoms with van der Waals surface area (Å²) in [4.78, 5) is 26.7. The van der Waals surface area contributed by atoms with E-state index in [0.29, 0.717) is 48.8 Å². The van der Waals surface area contributed by atoms with E-state index in [0.717, 1.165) is 5.56 Å². The second-order valence-electron chi connectivity index (χ2n) is 6.52. The Bertz CT molecular complexity index is 783. The summed E-state index contributed by atoms with van der Waals surface area (Å²) in [5.74, 6) is 1.27. The van der Waals surface area contributed by atoms with Crippen LogP contribution in [0.4, 0.5) is 0 Å². The van der Waals surface area contributed by atoms with Crippen molar-refractivity contribution < 1.29 is 23.5 Å². The molecule has 1 N–H and O–H groups in total. The Morgan fingerprint density at radius 1 is 1.15 bits per heavy atom. The van der Waals surface area contributed by atoms with E-state index in [9.17, 15) is 9.59 Å². The second-order valence-corrected chi connectivity index (χ2v) is 6.52. The van der Waals surface area contributed by atoms with E-state index in [2.05, 4.69) is 5.32 Å². The molecule has 1 aromatic heterocycles. The van der Waals surface area contributed by atoms with Crippen LogP contribution >= 0.6 is 0 Å². The van der Waals surface area contributed by atoms with Crippen molar-refractivity contribution in [1.82, 2.24) is 10.2 Å². The monoisotopic (exact) mass is 372 g/mol. The highest BCUT2D eigenvalue weighted by Crippen LogP contribution is 2.29. The maximum Gasteiger partial charge on any atom is 0.289 e. The van der Waals surface area contributed by atoms with Gasteiger partial charge in [-0.2, -0.15) is 0 Å². The number of ether oxygens (including phenoxy) is 2. The lowest BCUT2D eigenvalue weighted by Gasteiger charge is -2.32. The minimum atomic E-state index is -0.178. The smallest absolute Gasteiger partial charge is 0.289 e. The molecule has 2 heterocycles. The van der Waals surface area contributed by atoms with Crippen LogP contribution < -0.4 is 14.8 Å². The minimum Gasteiger partial charge on any atom is -0.496 e. The summed E-state index contributed by atoms with van der Waals surface area (Å²) in [6.07, 6.45) is 2.88. The molecule has 2 aromatic rings. The molecule has 3 rings (SSSR count). The molecular weight excluding hydrogens is 348 g/mol. The molecule has 2 amide bonds. The first kappa shape index (κ1) is 18.8. The predicted molar refractivity (Wildman–Crippen MR) is 99.4 cm³/mol. The van der Waals surface area contributed by atoms with Crippen LogP contribution in [0.25, 0.3) is 0 Å². The molecule has 0 unspecified atom stereocenters. The number of hydrogen-bond acceptors (Lipinski definition) is 5. The SMILES string of the molecule is COc1cc(C(=O)NC2CCN(C(=O)c3ccco3)CC2)cc(OC)c1C. The Morgan fingerprint density at radius 2 is 1.78 bits per heavy atom. The molecular formula is C20H24N2O5. The number of furan rings is 1. The van der Waals surface area contributed by atoms with Crippen molar-refractivity contribution in [2.75, 3.05) is 27.3 Å². The Kier molecular flexibility index (Phi) is 5.69. The molecule has 7 heteroatoms. The second kappa shape index (κ2) is 8.16. The highest BCUT2D eigenvalue weighted by atomic mass is 16.5. The molecule has 1 aromatic carbocycles. The molecule has 0 atom stereocenters. The highest BCUT2D eigenvalue weighted by molar-refractivity contribution is 5.95. The average molecular weight is 372 g/mol. The number of nitrogens with zero attached hydrogens (tertiary/aromatic N) is 1. The van der Waals surface area contributed by atoms with Crippen molar-refractivity contribution >= 4 is 11.8 Å². The summed E-state index contributed by atoms with van der Waals surface area (Å²) in [5, 5.41) is 3.04. The Hall–Kier alpha value is -2.96. The van der Waals surface area contributed by atoms with Gasteiger partial charge >= 0.3 is 0 Å². The third kappa shape index (κ3) is 4.07. The molecule has 1 fully saturated rings. The number of carbonyl (C=O) groups is 2. The molecule has 1 aliphatic heterocycles. The first-order valence-electron chi connectivity index (χ1n) is 8.89. The first-order valence-corrected chi connectivity index (χ1v) is 8.89. The lowest BCUT2D eigenvalue weighted by molar-refractivity contribution is 0.0667. The van der Waals surface area contributed by atoms with Gasteiger partial charge in [-0.25, -0.2) is 0 Å². The maximum absolute atomic E-state index is 12.6. The number of piperidine rings is 1. The number of carbonyl (C=O) groups excluding carboxylic acids is 2. The normalized spacial score (nSPS) is 14.7. The molecule has 144 valence electrons. The summed E-state index contributed by atoms with van der Waals surface area (Å²) < 4.78 is 15.8. The molecule has 0 aliphatic carbocycles. The maximum atomic E-state index is 12.6. The third-order valence-electron chi connectivity index (χ3n) is 4.86. The molecule has 0 bridgehead atoms. The summed E-state index contributed by atoms with van der Waals surface area (Å²) in [7, 11) is 3.13. The summed E-state index contributed by atoms with van der Waals surface area (Å²) in [6, 6.07) is 6.79. The van der Waals surface area contributed by atoms with Crippen molar-refractivity contribution in [2.24, 2.45) is 0 Å². The van der Waals surface area contributed by atoms with Gasteiger partial charge in [0.25, 0.3) is 11.8 Å². The predicted octanol–water partition coefficient (Wildman–Crippen LogP) is 2.64. The Balaban J connectivity index is 1.60. The quantitative estimate of drug-likeness (QED) is 0.873. The van der Waals surface area contributed by atoms with E-state index in [1.54, 1.807) is 43.4 Å². The Morgan fingerprint density at radius 3 is 2.30 bits per heavy atom. The topological polar surface area (TPSA) is 81.0 Å². The fraction of sp³-hybridized carbons (Fsp3) is 0.400. The van der Waals surface area contributed by atoms with Crippen LogP contribution in [0.1, 0.15) is 39.3 Å². The van der Waals surface area contributed by atoms with Gasteiger partial charge in [-0.1, -0.05) is 0 Å². The zero-order valence-electron chi connectivity index (χ0n) is 15.8. The highest BCUT2D eigenvalue weighted by Gasteiger charge is 2.26. The minimum absolute atomic E-state index is 0.0106. The molecule has 27 heavy (non-hydrogen) atoms. The molecule has 0 radical (unpaired) electrons. The number of benzene rings is 1. The van der Waals surface area contributed by atoms with E-state index in [4.69, 9.17) is 13.9 Å². The lowest BCUT2D eigenvalue weighted by Crippen LogP contribution is -2.46. The zero-order valence-corrected chi connectivity index (χ0v) is 15.8. The van der Waals surface area contributed by atoms with Crippen LogP contribution in [0, 0.1) is 6.92 Å². The van der Waals surface area contributed by atoms with Crippen molar-refractivity contribution in [3.05, 3.63) is 47.4 Å². The van der Waals surface area contributed by atoms with Gasteiger partial charge in [0.2, 0.25) is 0 Å². The number of likely N-dealkylation sites (tertiary alicyclic amines) is 1. The van der Waals surface area contributed by atoms with E-state index >= 15 is 0 Å². The van der Waals surface area contributed by atoms with Gasteiger partial charge in [-0.3, -0.25) is 9.59 Å². The number of amides is 2. The van der Waals surface area contributed by atoms with Crippen LogP contribution in [0.2, 0.25) is 0 Å². The van der Waals surface area contributed by atoms with Crippen LogP contribution in [-0.2, 0) is 0 Å². The van der Waals surface area contributed by atoms with Crippen LogP contribution in [0.15, 0.2) is 34.9 Å². The van der Waals surface area contributed by atoms with Crippen molar-refractivity contribution in [1.29, 1.82) is 0 Å². The van der Waals surface area contributed by atoms with Gasteiger partial charge in [0, 0.05) is 30.3 Å². The fourth-order valence-electron chi connectivity index (χ4n) is 3.27. The van der Waals surface area contributed by atoms with E-state index < -0.39 is 0 Å². The third-order valence-corrected chi connectivity index (χ3v) is 4.86. The van der Waals surface area contributed by atoms with Crippen LogP contribution in [0.3, 0.4) is 0 Å². The summed E-state index contributed by atoms with van der Waals surface area (Å²) in [5.41, 5.74) is 1.34. The summed E-state index contributed by atoms with van der Waals surface area (Å²) >= 11 is 0. The van der Waals surface area contributed by atoms with Gasteiger partial charge in [0.05, 0.1) is 20.5 Å². The van der Waals surface area contributed by atoms with Gasteiger partial charge < -0.3 is 24.1 Å². The van der Waals surface area contributed by atoms with E-state index in [1.807, 2.05) is 6.92 Å². The van der Waals surface area contributed by atoms with Crippen molar-refractivity contribution in [3.63, 3.8) is 0 Å². The summed E-state index contributed by atoms with van der Waals surface area (Å²) in [6.45, 7) is 3.03. The van der Waals surface area contributed by atoms with Crippen molar-refractivity contribution in [2.45, 2.75) is 25.8 Å². The number of nitrogens with one attached hydrogen (secondary N) is 1. The van der Waals surface area contributed by atoms with Gasteiger partial charge in [-0.15, -0.1) is 0 Å². The van der Waals surface area contributed by atoms with E-state index in [1.165, 1.54) is 6.26 Å². The lowest BCUT2D eigenvalue weighted by atomic mass is 10.0.